The van der Waals surface area contributed by atoms with Gasteiger partial charge in [0, 0.05) is 24.8 Å². The lowest BCUT2D eigenvalue weighted by atomic mass is 9.90. The molecular formula is C28H31N3O2S. The number of amides is 1. The van der Waals surface area contributed by atoms with Crippen LogP contribution in [-0.2, 0) is 4.79 Å². The van der Waals surface area contributed by atoms with E-state index in [2.05, 4.69) is 15.5 Å². The Bertz CT molecular complexity index is 1030. The predicted molar refractivity (Wildman–Crippen MR) is 141 cm³/mol. The van der Waals surface area contributed by atoms with Gasteiger partial charge in [0.05, 0.1) is 12.5 Å². The van der Waals surface area contributed by atoms with Gasteiger partial charge in [-0.25, -0.2) is 0 Å². The van der Waals surface area contributed by atoms with Crippen molar-refractivity contribution in [3.05, 3.63) is 96.1 Å². The molecule has 3 aromatic carbocycles. The Kier molecular flexibility index (Phi) is 8.15. The number of ether oxygens (including phenoxy) is 1. The number of anilines is 1. The summed E-state index contributed by atoms with van der Waals surface area (Å²) in [5.41, 5.74) is 2.95. The summed E-state index contributed by atoms with van der Waals surface area (Å²) in [7, 11) is 0. The summed E-state index contributed by atoms with van der Waals surface area (Å²) in [5.74, 6) is 0.577. The molecule has 1 heterocycles. The van der Waals surface area contributed by atoms with Crippen molar-refractivity contribution in [1.82, 2.24) is 10.2 Å². The van der Waals surface area contributed by atoms with Crippen LogP contribution in [-0.4, -0.2) is 41.7 Å². The summed E-state index contributed by atoms with van der Waals surface area (Å²) in [4.78, 5) is 15.5. The largest absolute Gasteiger partial charge is 0.494 e. The molecule has 0 saturated carbocycles. The molecule has 34 heavy (non-hydrogen) atoms. The number of hydrogen-bond donors (Lipinski definition) is 2. The van der Waals surface area contributed by atoms with E-state index in [-0.39, 0.29) is 17.9 Å². The van der Waals surface area contributed by atoms with Crippen LogP contribution in [0.3, 0.4) is 0 Å². The minimum absolute atomic E-state index is 0.0472. The van der Waals surface area contributed by atoms with Gasteiger partial charge in [0.25, 0.3) is 0 Å². The molecule has 0 aliphatic carbocycles. The molecule has 4 rings (SSSR count). The van der Waals surface area contributed by atoms with E-state index >= 15 is 0 Å². The monoisotopic (exact) mass is 473 g/mol. The highest BCUT2D eigenvalue weighted by Crippen LogP contribution is 2.26. The zero-order valence-corrected chi connectivity index (χ0v) is 20.3. The average molecular weight is 474 g/mol. The SMILES string of the molecule is CCOc1ccc(NC(=S)N2CCC(NC(=O)C(c3ccccc3)c3ccccc3)CC2)cc1. The zero-order chi connectivity index (χ0) is 23.8. The van der Waals surface area contributed by atoms with Gasteiger partial charge >= 0.3 is 0 Å². The van der Waals surface area contributed by atoms with Crippen LogP contribution in [0.2, 0.25) is 0 Å². The van der Waals surface area contributed by atoms with Gasteiger partial charge in [-0.15, -0.1) is 0 Å². The highest BCUT2D eigenvalue weighted by atomic mass is 32.1. The van der Waals surface area contributed by atoms with E-state index < -0.39 is 0 Å². The van der Waals surface area contributed by atoms with Crippen molar-refractivity contribution in [2.45, 2.75) is 31.7 Å². The molecule has 0 aromatic heterocycles. The molecule has 1 aliphatic heterocycles. The van der Waals surface area contributed by atoms with Crippen LogP contribution >= 0.6 is 12.2 Å². The van der Waals surface area contributed by atoms with Crippen molar-refractivity contribution in [1.29, 1.82) is 0 Å². The third-order valence-corrected chi connectivity index (χ3v) is 6.43. The average Bonchev–Trinajstić information content (AvgIpc) is 2.87. The highest BCUT2D eigenvalue weighted by Gasteiger charge is 2.27. The molecule has 1 saturated heterocycles. The third-order valence-electron chi connectivity index (χ3n) is 6.07. The van der Waals surface area contributed by atoms with Crippen molar-refractivity contribution in [3.63, 3.8) is 0 Å². The van der Waals surface area contributed by atoms with Crippen LogP contribution in [0.4, 0.5) is 5.69 Å². The number of likely N-dealkylation sites (tertiary alicyclic amines) is 1. The van der Waals surface area contributed by atoms with Gasteiger partial charge in [0.1, 0.15) is 5.75 Å². The van der Waals surface area contributed by atoms with Gasteiger partial charge in [-0.05, 0) is 67.4 Å². The molecule has 0 spiro atoms. The molecule has 5 nitrogen and oxygen atoms in total. The van der Waals surface area contributed by atoms with Crippen molar-refractivity contribution in [3.8, 4) is 5.75 Å². The van der Waals surface area contributed by atoms with Crippen molar-refractivity contribution < 1.29 is 9.53 Å². The highest BCUT2D eigenvalue weighted by molar-refractivity contribution is 7.80. The molecule has 1 fully saturated rings. The van der Waals surface area contributed by atoms with Gasteiger partial charge in [-0.2, -0.15) is 0 Å². The Hall–Kier alpha value is -3.38. The first kappa shape index (κ1) is 23.8. The smallest absolute Gasteiger partial charge is 0.232 e. The van der Waals surface area contributed by atoms with Crippen LogP contribution in [0.25, 0.3) is 0 Å². The van der Waals surface area contributed by atoms with Gasteiger partial charge in [0.15, 0.2) is 5.11 Å². The maximum atomic E-state index is 13.4. The molecular weight excluding hydrogens is 442 g/mol. The molecule has 0 atom stereocenters. The molecule has 2 N–H and O–H groups in total. The van der Waals surface area contributed by atoms with Crippen molar-refractivity contribution in [2.24, 2.45) is 0 Å². The number of rotatable bonds is 7. The number of carbonyl (C=O) groups excluding carboxylic acids is 1. The molecule has 6 heteroatoms. The summed E-state index contributed by atoms with van der Waals surface area (Å²) in [6.45, 7) is 4.22. The summed E-state index contributed by atoms with van der Waals surface area (Å²) >= 11 is 5.63. The lowest BCUT2D eigenvalue weighted by Gasteiger charge is -2.34. The summed E-state index contributed by atoms with van der Waals surface area (Å²) < 4.78 is 5.49. The first-order chi connectivity index (χ1) is 16.6. The molecule has 0 radical (unpaired) electrons. The predicted octanol–water partition coefficient (Wildman–Crippen LogP) is 5.19. The Morgan fingerprint density at radius 3 is 2.03 bits per heavy atom. The van der Waals surface area contributed by atoms with Crippen LogP contribution in [0, 0.1) is 0 Å². The van der Waals surface area contributed by atoms with E-state index in [1.54, 1.807) is 0 Å². The van der Waals surface area contributed by atoms with E-state index in [4.69, 9.17) is 17.0 Å². The Morgan fingerprint density at radius 1 is 0.941 bits per heavy atom. The topological polar surface area (TPSA) is 53.6 Å². The minimum Gasteiger partial charge on any atom is -0.494 e. The molecule has 3 aromatic rings. The second kappa shape index (κ2) is 11.7. The number of carbonyl (C=O) groups is 1. The quantitative estimate of drug-likeness (QED) is 0.462. The van der Waals surface area contributed by atoms with Gasteiger partial charge in [-0.1, -0.05) is 60.7 Å². The summed E-state index contributed by atoms with van der Waals surface area (Å²) in [5, 5.41) is 7.32. The number of piperidine rings is 1. The van der Waals surface area contributed by atoms with Gasteiger partial charge < -0.3 is 20.3 Å². The number of nitrogens with one attached hydrogen (secondary N) is 2. The third kappa shape index (κ3) is 6.14. The lowest BCUT2D eigenvalue weighted by Crippen LogP contribution is -2.48. The van der Waals surface area contributed by atoms with Crippen LogP contribution < -0.4 is 15.4 Å². The fourth-order valence-corrected chi connectivity index (χ4v) is 4.60. The number of hydrogen-bond acceptors (Lipinski definition) is 3. The first-order valence-electron chi connectivity index (χ1n) is 11.8. The van der Waals surface area contributed by atoms with E-state index in [0.29, 0.717) is 11.7 Å². The van der Waals surface area contributed by atoms with Crippen molar-refractivity contribution >= 4 is 28.9 Å². The van der Waals surface area contributed by atoms with E-state index in [9.17, 15) is 4.79 Å². The minimum atomic E-state index is -0.317. The standard InChI is InChI=1S/C28H31N3O2S/c1-2-33-25-15-13-23(14-16-25)30-28(34)31-19-17-24(18-20-31)29-27(32)26(21-9-5-3-6-10-21)22-11-7-4-8-12-22/h3-16,24,26H,2,17-20H2,1H3,(H,29,32)(H,30,34). The van der Waals surface area contributed by atoms with Crippen LogP contribution in [0.5, 0.6) is 5.75 Å². The first-order valence-corrected chi connectivity index (χ1v) is 12.2. The molecule has 1 aliphatic rings. The number of thiocarbonyl (C=S) groups is 1. The Labute approximate surface area is 207 Å². The molecule has 1 amide bonds. The van der Waals surface area contributed by atoms with E-state index in [0.717, 1.165) is 48.5 Å². The second-order valence-corrected chi connectivity index (χ2v) is 8.80. The fraction of sp³-hybridized carbons (Fsp3) is 0.286. The molecule has 176 valence electrons. The van der Waals surface area contributed by atoms with E-state index in [1.807, 2.05) is 91.9 Å². The van der Waals surface area contributed by atoms with E-state index in [1.165, 1.54) is 0 Å². The van der Waals surface area contributed by atoms with Crippen LogP contribution in [0.15, 0.2) is 84.9 Å². The van der Waals surface area contributed by atoms with Crippen LogP contribution in [0.1, 0.15) is 36.8 Å². The Morgan fingerprint density at radius 2 is 1.50 bits per heavy atom. The normalized spacial score (nSPS) is 14.0. The summed E-state index contributed by atoms with van der Waals surface area (Å²) in [6.07, 6.45) is 1.71. The summed E-state index contributed by atoms with van der Waals surface area (Å²) in [6, 6.07) is 27.9. The fourth-order valence-electron chi connectivity index (χ4n) is 4.30. The number of benzene rings is 3. The Balaban J connectivity index is 1.32. The molecule has 0 bridgehead atoms. The molecule has 0 unspecified atom stereocenters. The second-order valence-electron chi connectivity index (χ2n) is 8.41. The zero-order valence-electron chi connectivity index (χ0n) is 19.4. The number of nitrogens with zero attached hydrogens (tertiary/aromatic N) is 1. The maximum absolute atomic E-state index is 13.4. The lowest BCUT2D eigenvalue weighted by molar-refractivity contribution is -0.122. The van der Waals surface area contributed by atoms with Gasteiger partial charge in [-0.3, -0.25) is 4.79 Å². The van der Waals surface area contributed by atoms with Crippen molar-refractivity contribution in [2.75, 3.05) is 25.0 Å². The van der Waals surface area contributed by atoms with Gasteiger partial charge in [0.2, 0.25) is 5.91 Å². The maximum Gasteiger partial charge on any atom is 0.232 e.